The van der Waals surface area contributed by atoms with Crippen LogP contribution in [-0.2, 0) is 4.74 Å². The van der Waals surface area contributed by atoms with E-state index in [2.05, 4.69) is 0 Å². The van der Waals surface area contributed by atoms with Crippen LogP contribution < -0.4 is 0 Å². The number of benzene rings is 1. The number of Topliss-reactive ketones (excluding diaryl/α,β-unsaturated/α-hetero) is 1. The largest absolute Gasteiger partial charge is 0.368 e. The Labute approximate surface area is 91.3 Å². The van der Waals surface area contributed by atoms with Gasteiger partial charge in [-0.15, -0.1) is 0 Å². The molecule has 0 aromatic heterocycles. The molecule has 0 bridgehead atoms. The second-order valence-electron chi connectivity index (χ2n) is 4.09. The second kappa shape index (κ2) is 4.58. The van der Waals surface area contributed by atoms with Crippen molar-refractivity contribution in [2.45, 2.75) is 33.3 Å². The molecule has 1 aromatic carbocycles. The number of ketones is 1. The molecule has 0 aliphatic rings. The summed E-state index contributed by atoms with van der Waals surface area (Å²) in [7, 11) is 0. The van der Waals surface area contributed by atoms with Crippen molar-refractivity contribution in [3.05, 3.63) is 35.4 Å². The number of carbonyl (C=O) groups is 1. The van der Waals surface area contributed by atoms with Crippen molar-refractivity contribution in [2.75, 3.05) is 6.61 Å². The number of hydrogen-bond acceptors (Lipinski definition) is 2. The molecule has 0 heterocycles. The first kappa shape index (κ1) is 11.9. The van der Waals surface area contributed by atoms with Crippen molar-refractivity contribution >= 4 is 5.78 Å². The van der Waals surface area contributed by atoms with Crippen LogP contribution in [0.25, 0.3) is 0 Å². The molecule has 0 N–H and O–H groups in total. The lowest BCUT2D eigenvalue weighted by atomic mass is 9.93. The molecule has 0 aliphatic carbocycles. The van der Waals surface area contributed by atoms with Crippen LogP contribution in [0.1, 0.15) is 36.7 Å². The summed E-state index contributed by atoms with van der Waals surface area (Å²) in [6.07, 6.45) is 0. The number of carbonyl (C=O) groups excluding carboxylic acids is 1. The van der Waals surface area contributed by atoms with Gasteiger partial charge >= 0.3 is 0 Å². The fourth-order valence-electron chi connectivity index (χ4n) is 1.58. The van der Waals surface area contributed by atoms with Gasteiger partial charge in [0.2, 0.25) is 0 Å². The first-order valence-electron chi connectivity index (χ1n) is 5.23. The van der Waals surface area contributed by atoms with E-state index in [9.17, 15) is 4.79 Å². The second-order valence-corrected chi connectivity index (χ2v) is 4.09. The minimum Gasteiger partial charge on any atom is -0.368 e. The van der Waals surface area contributed by atoms with Crippen LogP contribution >= 0.6 is 0 Å². The molecule has 0 radical (unpaired) electrons. The predicted molar refractivity (Wildman–Crippen MR) is 61.2 cm³/mol. The maximum Gasteiger partial charge on any atom is 0.194 e. The van der Waals surface area contributed by atoms with Gasteiger partial charge in [-0.05, 0) is 33.3 Å². The molecule has 0 unspecified atom stereocenters. The van der Waals surface area contributed by atoms with Crippen LogP contribution in [0.15, 0.2) is 24.3 Å². The summed E-state index contributed by atoms with van der Waals surface area (Å²) in [5.74, 6) is 0.0439. The minimum absolute atomic E-state index is 0.0439. The zero-order valence-electron chi connectivity index (χ0n) is 9.83. The topological polar surface area (TPSA) is 26.3 Å². The van der Waals surface area contributed by atoms with E-state index in [1.54, 1.807) is 0 Å². The summed E-state index contributed by atoms with van der Waals surface area (Å²) in [5, 5.41) is 0. The van der Waals surface area contributed by atoms with Gasteiger partial charge in [0.25, 0.3) is 0 Å². The molecule has 0 saturated carbocycles. The summed E-state index contributed by atoms with van der Waals surface area (Å²) < 4.78 is 5.45. The molecule has 2 nitrogen and oxygen atoms in total. The third-order valence-electron chi connectivity index (χ3n) is 2.44. The number of ether oxygens (including phenoxy) is 1. The van der Waals surface area contributed by atoms with Gasteiger partial charge in [0.1, 0.15) is 5.60 Å². The van der Waals surface area contributed by atoms with E-state index in [1.807, 2.05) is 52.0 Å². The molecular weight excluding hydrogens is 188 g/mol. The molecule has 0 amide bonds. The van der Waals surface area contributed by atoms with Crippen molar-refractivity contribution in [2.24, 2.45) is 0 Å². The number of rotatable bonds is 4. The summed E-state index contributed by atoms with van der Waals surface area (Å²) in [4.78, 5) is 12.2. The molecule has 0 spiro atoms. The Bertz CT molecular complexity index is 353. The lowest BCUT2D eigenvalue weighted by Crippen LogP contribution is -2.35. The zero-order valence-corrected chi connectivity index (χ0v) is 9.83. The quantitative estimate of drug-likeness (QED) is 0.708. The van der Waals surface area contributed by atoms with Crippen LogP contribution in [0, 0.1) is 6.92 Å². The molecule has 0 saturated heterocycles. The highest BCUT2D eigenvalue weighted by Crippen LogP contribution is 2.19. The normalized spacial score (nSPS) is 11.5. The summed E-state index contributed by atoms with van der Waals surface area (Å²) in [5.41, 5.74) is 1.01. The summed E-state index contributed by atoms with van der Waals surface area (Å²) in [6, 6.07) is 7.59. The lowest BCUT2D eigenvalue weighted by molar-refractivity contribution is 0.00121. The molecule has 1 aromatic rings. The lowest BCUT2D eigenvalue weighted by Gasteiger charge is -2.23. The van der Waals surface area contributed by atoms with Gasteiger partial charge in [0.05, 0.1) is 0 Å². The van der Waals surface area contributed by atoms with Gasteiger partial charge in [-0.3, -0.25) is 4.79 Å². The maximum absolute atomic E-state index is 12.2. The average molecular weight is 206 g/mol. The molecular formula is C13H18O2. The van der Waals surface area contributed by atoms with Crippen molar-refractivity contribution in [3.63, 3.8) is 0 Å². The maximum atomic E-state index is 12.2. The predicted octanol–water partition coefficient (Wildman–Crippen LogP) is 2.99. The van der Waals surface area contributed by atoms with Gasteiger partial charge < -0.3 is 4.74 Å². The van der Waals surface area contributed by atoms with E-state index in [0.717, 1.165) is 11.1 Å². The fraction of sp³-hybridized carbons (Fsp3) is 0.462. The van der Waals surface area contributed by atoms with Crippen LogP contribution in [0.2, 0.25) is 0 Å². The van der Waals surface area contributed by atoms with Crippen molar-refractivity contribution in [1.29, 1.82) is 0 Å². The number of aryl methyl sites for hydroxylation is 1. The molecule has 2 heteroatoms. The SMILES string of the molecule is CCOC(C)(C)C(=O)c1ccccc1C. The van der Waals surface area contributed by atoms with E-state index in [-0.39, 0.29) is 5.78 Å². The van der Waals surface area contributed by atoms with Crippen molar-refractivity contribution in [1.82, 2.24) is 0 Å². The first-order chi connectivity index (χ1) is 6.99. The van der Waals surface area contributed by atoms with Crippen LogP contribution in [0.4, 0.5) is 0 Å². The highest BCUT2D eigenvalue weighted by molar-refractivity contribution is 6.03. The zero-order chi connectivity index (χ0) is 11.5. The third kappa shape index (κ3) is 2.66. The monoisotopic (exact) mass is 206 g/mol. The van der Waals surface area contributed by atoms with Gasteiger partial charge in [0.15, 0.2) is 5.78 Å². The van der Waals surface area contributed by atoms with Crippen molar-refractivity contribution < 1.29 is 9.53 Å². The minimum atomic E-state index is -0.735. The van der Waals surface area contributed by atoms with E-state index >= 15 is 0 Å². The molecule has 15 heavy (non-hydrogen) atoms. The molecule has 82 valence electrons. The Balaban J connectivity index is 2.99. The highest BCUT2D eigenvalue weighted by atomic mass is 16.5. The van der Waals surface area contributed by atoms with E-state index in [0.29, 0.717) is 6.61 Å². The molecule has 1 rings (SSSR count). The summed E-state index contributed by atoms with van der Waals surface area (Å²) >= 11 is 0. The van der Waals surface area contributed by atoms with E-state index in [4.69, 9.17) is 4.74 Å². The first-order valence-corrected chi connectivity index (χ1v) is 5.23. The standard InChI is InChI=1S/C13H18O2/c1-5-15-13(3,4)12(14)11-9-7-6-8-10(11)2/h6-9H,5H2,1-4H3. The van der Waals surface area contributed by atoms with Gasteiger partial charge in [-0.25, -0.2) is 0 Å². The van der Waals surface area contributed by atoms with Crippen LogP contribution in [0.5, 0.6) is 0 Å². The fourth-order valence-corrected chi connectivity index (χ4v) is 1.58. The Morgan fingerprint density at radius 1 is 1.33 bits per heavy atom. The van der Waals surface area contributed by atoms with E-state index < -0.39 is 5.60 Å². The Morgan fingerprint density at radius 3 is 2.47 bits per heavy atom. The highest BCUT2D eigenvalue weighted by Gasteiger charge is 2.29. The van der Waals surface area contributed by atoms with Crippen LogP contribution in [0.3, 0.4) is 0 Å². The number of hydrogen-bond donors (Lipinski definition) is 0. The Morgan fingerprint density at radius 2 is 1.93 bits per heavy atom. The Kier molecular flexibility index (Phi) is 3.64. The van der Waals surface area contributed by atoms with Gasteiger partial charge in [0, 0.05) is 12.2 Å². The molecule has 0 fully saturated rings. The molecule has 0 aliphatic heterocycles. The Hall–Kier alpha value is -1.15. The summed E-state index contributed by atoms with van der Waals surface area (Å²) in [6.45, 7) is 8.00. The van der Waals surface area contributed by atoms with Gasteiger partial charge in [-0.2, -0.15) is 0 Å². The van der Waals surface area contributed by atoms with E-state index in [1.165, 1.54) is 0 Å². The third-order valence-corrected chi connectivity index (χ3v) is 2.44. The van der Waals surface area contributed by atoms with Crippen molar-refractivity contribution in [3.8, 4) is 0 Å². The average Bonchev–Trinajstić information content (AvgIpc) is 2.17. The molecule has 0 atom stereocenters. The van der Waals surface area contributed by atoms with Gasteiger partial charge in [-0.1, -0.05) is 24.3 Å². The van der Waals surface area contributed by atoms with Crippen LogP contribution in [-0.4, -0.2) is 18.0 Å². The smallest absolute Gasteiger partial charge is 0.194 e.